The Hall–Kier alpha value is -1.58. The molecule has 0 spiro atoms. The van der Waals surface area contributed by atoms with Gasteiger partial charge in [0.1, 0.15) is 5.82 Å². The molecule has 1 aromatic rings. The van der Waals surface area contributed by atoms with Crippen molar-refractivity contribution in [3.05, 3.63) is 29.6 Å². The van der Waals surface area contributed by atoms with Crippen LogP contribution in [0.4, 0.5) is 10.1 Å². The van der Waals surface area contributed by atoms with E-state index in [-0.39, 0.29) is 11.6 Å². The van der Waals surface area contributed by atoms with Gasteiger partial charge in [-0.3, -0.25) is 0 Å². The van der Waals surface area contributed by atoms with E-state index in [4.69, 9.17) is 0 Å². The Morgan fingerprint density at radius 1 is 1.47 bits per heavy atom. The van der Waals surface area contributed by atoms with Crippen LogP contribution in [-0.4, -0.2) is 19.1 Å². The summed E-state index contributed by atoms with van der Waals surface area (Å²) in [4.78, 5) is 11.2. The van der Waals surface area contributed by atoms with E-state index in [2.05, 4.69) is 10.1 Å². The van der Waals surface area contributed by atoms with Crippen molar-refractivity contribution in [2.45, 2.75) is 19.9 Å². The summed E-state index contributed by atoms with van der Waals surface area (Å²) in [6.07, 6.45) is 0. The van der Waals surface area contributed by atoms with Gasteiger partial charge in [0.25, 0.3) is 0 Å². The molecule has 4 heteroatoms. The minimum absolute atomic E-state index is 0.0526. The molecule has 0 aliphatic carbocycles. The zero-order valence-corrected chi connectivity index (χ0v) is 9.00. The van der Waals surface area contributed by atoms with Gasteiger partial charge < -0.3 is 10.1 Å². The zero-order chi connectivity index (χ0) is 11.4. The lowest BCUT2D eigenvalue weighted by atomic mass is 10.2. The molecule has 3 nitrogen and oxygen atoms in total. The van der Waals surface area contributed by atoms with Crippen LogP contribution < -0.4 is 5.32 Å². The lowest BCUT2D eigenvalue weighted by molar-refractivity contribution is 0.0595. The Morgan fingerprint density at radius 3 is 2.67 bits per heavy atom. The fourth-order valence-electron chi connectivity index (χ4n) is 1.21. The first-order chi connectivity index (χ1) is 7.04. The molecule has 0 bridgehead atoms. The van der Waals surface area contributed by atoms with Crippen molar-refractivity contribution < 1.29 is 13.9 Å². The normalized spacial score (nSPS) is 10.2. The largest absolute Gasteiger partial charge is 0.465 e. The van der Waals surface area contributed by atoms with E-state index in [0.29, 0.717) is 5.69 Å². The van der Waals surface area contributed by atoms with Gasteiger partial charge >= 0.3 is 5.97 Å². The molecule has 0 heterocycles. The summed E-state index contributed by atoms with van der Waals surface area (Å²) in [6.45, 7) is 3.92. The van der Waals surface area contributed by atoms with Crippen LogP contribution in [0, 0.1) is 5.82 Å². The summed E-state index contributed by atoms with van der Waals surface area (Å²) >= 11 is 0. The summed E-state index contributed by atoms with van der Waals surface area (Å²) in [6, 6.07) is 4.50. The fourth-order valence-corrected chi connectivity index (χ4v) is 1.21. The Morgan fingerprint density at radius 2 is 2.13 bits per heavy atom. The predicted octanol–water partition coefficient (Wildman–Crippen LogP) is 2.43. The first-order valence-electron chi connectivity index (χ1n) is 4.69. The number of carbonyl (C=O) groups is 1. The second-order valence-corrected chi connectivity index (χ2v) is 3.49. The van der Waals surface area contributed by atoms with Crippen LogP contribution in [0.1, 0.15) is 24.2 Å². The standard InChI is InChI=1S/C11H14FNO2/c1-7(2)13-8-4-5-10(12)9(6-8)11(14)15-3/h4-7,13H,1-3H3. The van der Waals surface area contributed by atoms with Crippen molar-refractivity contribution in [1.82, 2.24) is 0 Å². The highest BCUT2D eigenvalue weighted by Crippen LogP contribution is 2.16. The number of anilines is 1. The van der Waals surface area contributed by atoms with Crippen molar-refractivity contribution in [2.75, 3.05) is 12.4 Å². The first kappa shape index (κ1) is 11.5. The Bertz CT molecular complexity index is 364. The maximum Gasteiger partial charge on any atom is 0.340 e. The van der Waals surface area contributed by atoms with E-state index >= 15 is 0 Å². The Labute approximate surface area is 88.2 Å². The average molecular weight is 211 g/mol. The summed E-state index contributed by atoms with van der Waals surface area (Å²) in [5, 5.41) is 3.08. The van der Waals surface area contributed by atoms with E-state index in [1.54, 1.807) is 6.07 Å². The molecule has 0 unspecified atom stereocenters. The van der Waals surface area contributed by atoms with E-state index in [1.165, 1.54) is 19.2 Å². The van der Waals surface area contributed by atoms with Gasteiger partial charge in [-0.15, -0.1) is 0 Å². The summed E-state index contributed by atoms with van der Waals surface area (Å²) in [5.74, 6) is -1.24. The van der Waals surface area contributed by atoms with Gasteiger partial charge in [0.05, 0.1) is 12.7 Å². The van der Waals surface area contributed by atoms with Gasteiger partial charge in [-0.25, -0.2) is 9.18 Å². The molecule has 0 atom stereocenters. The highest BCUT2D eigenvalue weighted by atomic mass is 19.1. The van der Waals surface area contributed by atoms with Gasteiger partial charge in [0.15, 0.2) is 0 Å². The number of ether oxygens (including phenoxy) is 1. The van der Waals surface area contributed by atoms with Gasteiger partial charge in [-0.2, -0.15) is 0 Å². The highest BCUT2D eigenvalue weighted by Gasteiger charge is 2.12. The molecule has 0 amide bonds. The number of hydrogen-bond acceptors (Lipinski definition) is 3. The van der Waals surface area contributed by atoms with Crippen molar-refractivity contribution in [1.29, 1.82) is 0 Å². The molecule has 82 valence electrons. The summed E-state index contributed by atoms with van der Waals surface area (Å²) in [7, 11) is 1.23. The van der Waals surface area contributed by atoms with Crippen LogP contribution in [-0.2, 0) is 4.74 Å². The van der Waals surface area contributed by atoms with Crippen LogP contribution in [0.3, 0.4) is 0 Å². The number of carbonyl (C=O) groups excluding carboxylic acids is 1. The number of rotatable bonds is 3. The number of halogens is 1. The SMILES string of the molecule is COC(=O)c1cc(NC(C)C)ccc1F. The van der Waals surface area contributed by atoms with Crippen molar-refractivity contribution in [3.63, 3.8) is 0 Å². The molecule has 15 heavy (non-hydrogen) atoms. The van der Waals surface area contributed by atoms with Gasteiger partial charge in [-0.05, 0) is 32.0 Å². The van der Waals surface area contributed by atoms with Crippen molar-refractivity contribution in [3.8, 4) is 0 Å². The smallest absolute Gasteiger partial charge is 0.340 e. The third kappa shape index (κ3) is 2.94. The summed E-state index contributed by atoms with van der Waals surface area (Å²) < 4.78 is 17.7. The van der Waals surface area contributed by atoms with Crippen LogP contribution in [0.25, 0.3) is 0 Å². The molecule has 0 radical (unpaired) electrons. The van der Waals surface area contributed by atoms with Gasteiger partial charge in [0, 0.05) is 11.7 Å². The highest BCUT2D eigenvalue weighted by molar-refractivity contribution is 5.90. The Kier molecular flexibility index (Phi) is 3.66. The van der Waals surface area contributed by atoms with Gasteiger partial charge in [0.2, 0.25) is 0 Å². The monoisotopic (exact) mass is 211 g/mol. The van der Waals surface area contributed by atoms with E-state index in [9.17, 15) is 9.18 Å². The number of nitrogens with one attached hydrogen (secondary N) is 1. The van der Waals surface area contributed by atoms with Crippen LogP contribution in [0.2, 0.25) is 0 Å². The second kappa shape index (κ2) is 4.77. The lowest BCUT2D eigenvalue weighted by Gasteiger charge is -2.11. The maximum atomic E-state index is 13.2. The van der Waals surface area contributed by atoms with Crippen molar-refractivity contribution in [2.24, 2.45) is 0 Å². The van der Waals surface area contributed by atoms with E-state index in [0.717, 1.165) is 0 Å². The molecule has 0 saturated carbocycles. The van der Waals surface area contributed by atoms with E-state index in [1.807, 2.05) is 13.8 Å². The number of methoxy groups -OCH3 is 1. The predicted molar refractivity (Wildman–Crippen MR) is 56.5 cm³/mol. The maximum absolute atomic E-state index is 13.2. The molecule has 0 aromatic heterocycles. The molecular weight excluding hydrogens is 197 g/mol. The molecule has 0 aliphatic rings. The molecule has 0 fully saturated rings. The first-order valence-corrected chi connectivity index (χ1v) is 4.69. The van der Waals surface area contributed by atoms with Gasteiger partial charge in [-0.1, -0.05) is 0 Å². The minimum atomic E-state index is -0.667. The van der Waals surface area contributed by atoms with Crippen LogP contribution >= 0.6 is 0 Å². The minimum Gasteiger partial charge on any atom is -0.465 e. The van der Waals surface area contributed by atoms with E-state index < -0.39 is 11.8 Å². The Balaban J connectivity index is 3.00. The fraction of sp³-hybridized carbons (Fsp3) is 0.364. The molecule has 1 aromatic carbocycles. The number of hydrogen-bond donors (Lipinski definition) is 1. The molecule has 1 N–H and O–H groups in total. The molecule has 1 rings (SSSR count). The molecule has 0 saturated heterocycles. The van der Waals surface area contributed by atoms with Crippen molar-refractivity contribution >= 4 is 11.7 Å². The average Bonchev–Trinajstić information content (AvgIpc) is 2.19. The molecular formula is C11H14FNO2. The van der Waals surface area contributed by atoms with Crippen LogP contribution in [0.5, 0.6) is 0 Å². The number of esters is 1. The second-order valence-electron chi connectivity index (χ2n) is 3.49. The number of benzene rings is 1. The lowest BCUT2D eigenvalue weighted by Crippen LogP contribution is -2.11. The topological polar surface area (TPSA) is 38.3 Å². The van der Waals surface area contributed by atoms with Crippen LogP contribution in [0.15, 0.2) is 18.2 Å². The third-order valence-electron chi connectivity index (χ3n) is 1.83. The quantitative estimate of drug-likeness (QED) is 0.780. The zero-order valence-electron chi connectivity index (χ0n) is 9.00. The molecule has 0 aliphatic heterocycles. The summed E-state index contributed by atoms with van der Waals surface area (Å²) in [5.41, 5.74) is 0.648. The third-order valence-corrected chi connectivity index (χ3v) is 1.83.